The average Bonchev–Trinajstić information content (AvgIpc) is 2.80. The first kappa shape index (κ1) is 21.4. The van der Waals surface area contributed by atoms with E-state index in [4.69, 9.17) is 14.2 Å². The van der Waals surface area contributed by atoms with Crippen molar-refractivity contribution in [3.8, 4) is 29.4 Å². The Labute approximate surface area is 181 Å². The third kappa shape index (κ3) is 4.47. The zero-order chi connectivity index (χ0) is 22.2. The summed E-state index contributed by atoms with van der Waals surface area (Å²) in [4.78, 5) is 0. The van der Waals surface area contributed by atoms with Gasteiger partial charge in [-0.05, 0) is 31.2 Å². The molecule has 0 bridgehead atoms. The smallest absolute Gasteiger partial charge is 0.188 e. The summed E-state index contributed by atoms with van der Waals surface area (Å²) in [6.45, 7) is 2.43. The predicted octanol–water partition coefficient (Wildman–Crippen LogP) is 5.33. The van der Waals surface area contributed by atoms with Gasteiger partial charge in [0, 0.05) is 17.4 Å². The lowest BCUT2D eigenvalue weighted by molar-refractivity contribution is 0.340. The standard InChI is InChI=1S/C24H22N4O3/c1-4-31-18-12-8-11-17(13-18)28-22-20(15-26)19(14-25)21(23(29-2)24(22)30-3)27-16-9-6-5-7-10-16/h5-13,27-28H,4H2,1-3H3. The summed E-state index contributed by atoms with van der Waals surface area (Å²) in [5, 5.41) is 26.2. The van der Waals surface area contributed by atoms with Gasteiger partial charge >= 0.3 is 0 Å². The molecule has 0 aromatic heterocycles. The van der Waals surface area contributed by atoms with Crippen LogP contribution in [0.2, 0.25) is 0 Å². The van der Waals surface area contributed by atoms with Crippen LogP contribution >= 0.6 is 0 Å². The Kier molecular flexibility index (Phi) is 6.82. The molecule has 0 spiro atoms. The second-order valence-electron chi connectivity index (χ2n) is 6.37. The molecule has 0 fully saturated rings. The highest BCUT2D eigenvalue weighted by Gasteiger charge is 2.26. The van der Waals surface area contributed by atoms with Crippen LogP contribution in [0.1, 0.15) is 18.1 Å². The molecule has 3 aromatic carbocycles. The Morgan fingerprint density at radius 2 is 1.32 bits per heavy atom. The fourth-order valence-electron chi connectivity index (χ4n) is 3.20. The van der Waals surface area contributed by atoms with Gasteiger partial charge in [-0.1, -0.05) is 24.3 Å². The highest BCUT2D eigenvalue weighted by atomic mass is 16.5. The number of ether oxygens (including phenoxy) is 3. The summed E-state index contributed by atoms with van der Waals surface area (Å²) in [6.07, 6.45) is 0. The van der Waals surface area contributed by atoms with Crippen LogP contribution < -0.4 is 24.8 Å². The van der Waals surface area contributed by atoms with Gasteiger partial charge in [0.2, 0.25) is 0 Å². The van der Waals surface area contributed by atoms with Crippen LogP contribution in [-0.2, 0) is 0 Å². The number of nitrogens with zero attached hydrogens (tertiary/aromatic N) is 2. The van der Waals surface area contributed by atoms with E-state index in [0.717, 1.165) is 5.69 Å². The zero-order valence-corrected chi connectivity index (χ0v) is 17.5. The molecule has 0 aliphatic rings. The van der Waals surface area contributed by atoms with Crippen LogP contribution in [0.5, 0.6) is 17.2 Å². The van der Waals surface area contributed by atoms with E-state index >= 15 is 0 Å². The van der Waals surface area contributed by atoms with Gasteiger partial charge in [-0.15, -0.1) is 0 Å². The van der Waals surface area contributed by atoms with Crippen LogP contribution in [-0.4, -0.2) is 20.8 Å². The second-order valence-corrected chi connectivity index (χ2v) is 6.37. The van der Waals surface area contributed by atoms with Gasteiger partial charge in [0.1, 0.15) is 29.3 Å². The number of methoxy groups -OCH3 is 2. The van der Waals surface area contributed by atoms with Gasteiger partial charge in [-0.2, -0.15) is 10.5 Å². The molecule has 0 saturated carbocycles. The largest absolute Gasteiger partial charge is 0.494 e. The summed E-state index contributed by atoms with van der Waals surface area (Å²) >= 11 is 0. The van der Waals surface area contributed by atoms with Crippen molar-refractivity contribution in [3.63, 3.8) is 0 Å². The van der Waals surface area contributed by atoms with Crippen molar-refractivity contribution < 1.29 is 14.2 Å². The Hall–Kier alpha value is -4.36. The molecule has 0 atom stereocenters. The van der Waals surface area contributed by atoms with Gasteiger partial charge in [0.25, 0.3) is 0 Å². The monoisotopic (exact) mass is 414 g/mol. The van der Waals surface area contributed by atoms with Crippen molar-refractivity contribution in [2.75, 3.05) is 31.5 Å². The van der Waals surface area contributed by atoms with Crippen LogP contribution in [0.3, 0.4) is 0 Å². The molecule has 0 radical (unpaired) electrons. The molecule has 0 aliphatic carbocycles. The van der Waals surface area contributed by atoms with Gasteiger partial charge < -0.3 is 24.8 Å². The van der Waals surface area contributed by atoms with Crippen LogP contribution in [0.25, 0.3) is 0 Å². The lowest BCUT2D eigenvalue weighted by Gasteiger charge is -2.21. The molecular weight excluding hydrogens is 392 g/mol. The number of benzene rings is 3. The van der Waals surface area contributed by atoms with Gasteiger partial charge in [-0.3, -0.25) is 0 Å². The van der Waals surface area contributed by atoms with Gasteiger partial charge in [0.05, 0.1) is 32.0 Å². The molecule has 7 heteroatoms. The number of rotatable bonds is 8. The molecule has 0 amide bonds. The zero-order valence-electron chi connectivity index (χ0n) is 17.5. The average molecular weight is 414 g/mol. The first-order chi connectivity index (χ1) is 15.2. The Morgan fingerprint density at radius 3 is 1.84 bits per heavy atom. The predicted molar refractivity (Wildman–Crippen MR) is 120 cm³/mol. The summed E-state index contributed by atoms with van der Waals surface area (Å²) in [5.74, 6) is 1.29. The Balaban J connectivity index is 2.19. The molecule has 0 aliphatic heterocycles. The maximum absolute atomic E-state index is 9.93. The fraction of sp³-hybridized carbons (Fsp3) is 0.167. The number of nitriles is 2. The van der Waals surface area contributed by atoms with E-state index in [1.54, 1.807) is 6.07 Å². The Bertz CT molecular complexity index is 1150. The minimum Gasteiger partial charge on any atom is -0.494 e. The van der Waals surface area contributed by atoms with Crippen molar-refractivity contribution in [2.24, 2.45) is 0 Å². The molecule has 31 heavy (non-hydrogen) atoms. The SMILES string of the molecule is CCOc1cccc(Nc2c(C#N)c(C#N)c(Nc3ccccc3)c(OC)c2OC)c1. The second kappa shape index (κ2) is 9.91. The number of nitrogens with one attached hydrogen (secondary N) is 2. The maximum atomic E-state index is 9.93. The topological polar surface area (TPSA) is 99.3 Å². The quantitative estimate of drug-likeness (QED) is 0.514. The minimum absolute atomic E-state index is 0.139. The molecule has 7 nitrogen and oxygen atoms in total. The normalized spacial score (nSPS) is 9.84. The van der Waals surface area contributed by atoms with E-state index in [1.165, 1.54) is 14.2 Å². The number of hydrogen-bond donors (Lipinski definition) is 2. The van der Waals surface area contributed by atoms with Crippen LogP contribution in [0.15, 0.2) is 54.6 Å². The minimum atomic E-state index is 0.139. The van der Waals surface area contributed by atoms with E-state index in [2.05, 4.69) is 22.8 Å². The summed E-state index contributed by atoms with van der Waals surface area (Å²) in [7, 11) is 2.97. The molecule has 0 heterocycles. The van der Waals surface area contributed by atoms with Crippen molar-refractivity contribution in [1.82, 2.24) is 0 Å². The van der Waals surface area contributed by atoms with Crippen molar-refractivity contribution in [3.05, 3.63) is 65.7 Å². The molecule has 156 valence electrons. The van der Waals surface area contributed by atoms with Gasteiger partial charge in [0.15, 0.2) is 11.5 Å². The van der Waals surface area contributed by atoms with Crippen LogP contribution in [0, 0.1) is 22.7 Å². The third-order valence-electron chi connectivity index (χ3n) is 4.50. The van der Waals surface area contributed by atoms with E-state index in [9.17, 15) is 10.5 Å². The van der Waals surface area contributed by atoms with Crippen molar-refractivity contribution in [2.45, 2.75) is 6.92 Å². The lowest BCUT2D eigenvalue weighted by Crippen LogP contribution is -2.07. The van der Waals surface area contributed by atoms with E-state index in [0.29, 0.717) is 40.9 Å². The third-order valence-corrected chi connectivity index (χ3v) is 4.50. The van der Waals surface area contributed by atoms with Crippen molar-refractivity contribution >= 4 is 22.7 Å². The summed E-state index contributed by atoms with van der Waals surface area (Å²) in [6, 6.07) is 20.9. The summed E-state index contributed by atoms with van der Waals surface area (Å²) in [5.41, 5.74) is 2.40. The number of para-hydroxylation sites is 1. The van der Waals surface area contributed by atoms with Crippen LogP contribution in [0.4, 0.5) is 22.7 Å². The first-order valence-electron chi connectivity index (χ1n) is 9.60. The highest BCUT2D eigenvalue weighted by Crippen LogP contribution is 2.48. The highest BCUT2D eigenvalue weighted by molar-refractivity contribution is 5.89. The van der Waals surface area contributed by atoms with E-state index in [-0.39, 0.29) is 11.1 Å². The van der Waals surface area contributed by atoms with Crippen molar-refractivity contribution in [1.29, 1.82) is 10.5 Å². The molecule has 3 aromatic rings. The number of hydrogen-bond acceptors (Lipinski definition) is 7. The number of anilines is 4. The molecule has 2 N–H and O–H groups in total. The molecule has 3 rings (SSSR count). The lowest BCUT2D eigenvalue weighted by atomic mass is 10.0. The van der Waals surface area contributed by atoms with E-state index in [1.807, 2.05) is 55.5 Å². The molecule has 0 saturated heterocycles. The van der Waals surface area contributed by atoms with E-state index < -0.39 is 0 Å². The van der Waals surface area contributed by atoms with Gasteiger partial charge in [-0.25, -0.2) is 0 Å². The first-order valence-corrected chi connectivity index (χ1v) is 9.60. The summed E-state index contributed by atoms with van der Waals surface area (Å²) < 4.78 is 16.8. The molecule has 0 unspecified atom stereocenters. The Morgan fingerprint density at radius 1 is 0.774 bits per heavy atom. The maximum Gasteiger partial charge on any atom is 0.188 e. The molecular formula is C24H22N4O3. The fourth-order valence-corrected chi connectivity index (χ4v) is 3.20.